The van der Waals surface area contributed by atoms with E-state index in [2.05, 4.69) is 21.2 Å². The first-order valence-corrected chi connectivity index (χ1v) is 11.0. The molecule has 9 nitrogen and oxygen atoms in total. The smallest absolute Gasteiger partial charge is 0.242 e. The molecule has 154 valence electrons. The fourth-order valence-corrected chi connectivity index (χ4v) is 3.97. The van der Waals surface area contributed by atoms with Crippen LogP contribution in [0.1, 0.15) is 40.0 Å². The van der Waals surface area contributed by atoms with Crippen LogP contribution in [0.15, 0.2) is 23.2 Å². The molecule has 1 amide bonds. The summed E-state index contributed by atoms with van der Waals surface area (Å²) in [6.07, 6.45) is 3.63. The summed E-state index contributed by atoms with van der Waals surface area (Å²) in [5.41, 5.74) is 3.10. The number of rotatable bonds is 9. The second-order valence-electron chi connectivity index (χ2n) is 6.75. The number of nitrogens with one attached hydrogen (secondary N) is 2. The molecule has 1 aromatic heterocycles. The monoisotopic (exact) mass is 408 g/mol. The Bertz CT molecular complexity index is 806. The molecule has 0 aliphatic carbocycles. The van der Waals surface area contributed by atoms with E-state index in [0.29, 0.717) is 25.3 Å². The number of aromatic nitrogens is 1. The molecule has 1 unspecified atom stereocenters. The van der Waals surface area contributed by atoms with Crippen molar-refractivity contribution in [3.8, 4) is 6.07 Å². The number of anilines is 1. The number of hydrogen-bond acceptors (Lipinski definition) is 7. The molecule has 2 heterocycles. The molecular formula is C18H28N6O3S. The molecule has 0 radical (unpaired) electrons. The number of carbonyl (C=O) groups excluding carboxylic acids is 1. The molecule has 0 aromatic carbocycles. The number of amides is 1. The zero-order valence-electron chi connectivity index (χ0n) is 16.6. The predicted octanol–water partition coefficient (Wildman–Crippen LogP) is 1.32. The fourth-order valence-electron chi connectivity index (χ4n) is 2.99. The molecular weight excluding hydrogens is 380 g/mol. The van der Waals surface area contributed by atoms with Crippen molar-refractivity contribution in [3.63, 3.8) is 0 Å². The first-order valence-electron chi connectivity index (χ1n) is 9.50. The fraction of sp³-hybridized carbons (Fsp3) is 0.611. The van der Waals surface area contributed by atoms with Gasteiger partial charge in [0.2, 0.25) is 15.9 Å². The van der Waals surface area contributed by atoms with Gasteiger partial charge in [-0.1, -0.05) is 13.8 Å². The normalized spacial score (nSPS) is 18.1. The molecule has 1 fully saturated rings. The Morgan fingerprint density at radius 3 is 2.79 bits per heavy atom. The van der Waals surface area contributed by atoms with Gasteiger partial charge >= 0.3 is 0 Å². The summed E-state index contributed by atoms with van der Waals surface area (Å²) in [7, 11) is -3.56. The van der Waals surface area contributed by atoms with E-state index < -0.39 is 10.0 Å². The molecule has 10 heteroatoms. The van der Waals surface area contributed by atoms with Crippen molar-refractivity contribution in [2.24, 2.45) is 0 Å². The lowest BCUT2D eigenvalue weighted by Crippen LogP contribution is -2.47. The summed E-state index contributed by atoms with van der Waals surface area (Å²) in [6, 6.07) is 4.90. The highest BCUT2D eigenvalue weighted by Crippen LogP contribution is 2.18. The lowest BCUT2D eigenvalue weighted by molar-refractivity contribution is -0.132. The number of nitrogens with zero attached hydrogens (tertiary/aromatic N) is 4. The maximum absolute atomic E-state index is 12.7. The summed E-state index contributed by atoms with van der Waals surface area (Å²) in [5, 5.41) is 11.0. The molecule has 0 spiro atoms. The van der Waals surface area contributed by atoms with E-state index in [9.17, 15) is 18.5 Å². The number of pyridine rings is 1. The first kappa shape index (κ1) is 22.1. The molecule has 0 saturated carbocycles. The summed E-state index contributed by atoms with van der Waals surface area (Å²) in [4.78, 5) is 18.6. The van der Waals surface area contributed by atoms with E-state index in [1.807, 2.05) is 13.8 Å². The standard InChI is InChI=1S/C18H28N6O3S/c1-4-14(3)24(13-18(25)23-10-6-7-15(23)11-19)22-17-9-8-16(12-20-17)28(26,27)21-5-2/h8-9,12,14-15,21H,4-7,10,13H2,1-3H3,(H,20,22)/t14-,15?/m0/s1. The molecule has 2 rings (SSSR count). The van der Waals surface area contributed by atoms with Crippen molar-refractivity contribution in [2.75, 3.05) is 25.1 Å². The Kier molecular flexibility index (Phi) is 7.74. The summed E-state index contributed by atoms with van der Waals surface area (Å²) in [5.74, 6) is 0.338. The van der Waals surface area contributed by atoms with Crippen molar-refractivity contribution >= 4 is 21.7 Å². The van der Waals surface area contributed by atoms with Gasteiger partial charge in [-0.3, -0.25) is 4.79 Å². The van der Waals surface area contributed by atoms with Gasteiger partial charge in [0.1, 0.15) is 16.8 Å². The summed E-state index contributed by atoms with van der Waals surface area (Å²) < 4.78 is 26.4. The third-order valence-electron chi connectivity index (χ3n) is 4.79. The van der Waals surface area contributed by atoms with Gasteiger partial charge in [-0.05, 0) is 38.3 Å². The van der Waals surface area contributed by atoms with Crippen molar-refractivity contribution in [1.29, 1.82) is 5.26 Å². The predicted molar refractivity (Wildman–Crippen MR) is 106 cm³/mol. The Hall–Kier alpha value is -2.22. The minimum absolute atomic E-state index is 0.0408. The quantitative estimate of drug-likeness (QED) is 0.592. The van der Waals surface area contributed by atoms with Crippen LogP contribution in [0.3, 0.4) is 0 Å². The van der Waals surface area contributed by atoms with E-state index in [1.165, 1.54) is 12.3 Å². The average Bonchev–Trinajstić information content (AvgIpc) is 3.16. The molecule has 1 aliphatic heterocycles. The van der Waals surface area contributed by atoms with Crippen LogP contribution in [0.2, 0.25) is 0 Å². The highest BCUT2D eigenvalue weighted by atomic mass is 32.2. The molecule has 1 aliphatic rings. The topological polar surface area (TPSA) is 118 Å². The number of hydrazine groups is 1. The second kappa shape index (κ2) is 9.82. The van der Waals surface area contributed by atoms with Gasteiger partial charge in [-0.25, -0.2) is 23.1 Å². The Balaban J connectivity index is 2.10. The van der Waals surface area contributed by atoms with Crippen molar-refractivity contribution in [2.45, 2.75) is 57.0 Å². The number of likely N-dealkylation sites (tertiary alicyclic amines) is 1. The van der Waals surface area contributed by atoms with E-state index >= 15 is 0 Å². The SMILES string of the molecule is CCNS(=O)(=O)c1ccc(NN(CC(=O)N2CCCC2C#N)[C@@H](C)CC)nc1. The van der Waals surface area contributed by atoms with E-state index in [-0.39, 0.29) is 29.4 Å². The Morgan fingerprint density at radius 2 is 2.21 bits per heavy atom. The maximum Gasteiger partial charge on any atom is 0.242 e. The van der Waals surface area contributed by atoms with Crippen molar-refractivity contribution < 1.29 is 13.2 Å². The zero-order valence-corrected chi connectivity index (χ0v) is 17.4. The van der Waals surface area contributed by atoms with E-state index in [0.717, 1.165) is 12.8 Å². The van der Waals surface area contributed by atoms with Crippen LogP contribution in [-0.4, -0.2) is 60.9 Å². The third-order valence-corrected chi connectivity index (χ3v) is 6.32. The van der Waals surface area contributed by atoms with Crippen LogP contribution >= 0.6 is 0 Å². The minimum Gasteiger partial charge on any atom is -0.325 e. The summed E-state index contributed by atoms with van der Waals surface area (Å²) >= 11 is 0. The zero-order chi connectivity index (χ0) is 20.7. The highest BCUT2D eigenvalue weighted by Gasteiger charge is 2.30. The number of nitriles is 1. The van der Waals surface area contributed by atoms with Gasteiger partial charge in [0.05, 0.1) is 12.6 Å². The average molecular weight is 409 g/mol. The van der Waals surface area contributed by atoms with E-state index in [4.69, 9.17) is 0 Å². The number of carbonyl (C=O) groups is 1. The molecule has 2 atom stereocenters. The van der Waals surface area contributed by atoms with Gasteiger partial charge in [0.25, 0.3) is 0 Å². The summed E-state index contributed by atoms with van der Waals surface area (Å²) in [6.45, 7) is 6.70. The van der Waals surface area contributed by atoms with Gasteiger partial charge in [-0.15, -0.1) is 0 Å². The van der Waals surface area contributed by atoms with Crippen molar-refractivity contribution in [1.82, 2.24) is 19.6 Å². The van der Waals surface area contributed by atoms with E-state index in [1.54, 1.807) is 22.9 Å². The highest BCUT2D eigenvalue weighted by molar-refractivity contribution is 7.89. The van der Waals surface area contributed by atoms with Gasteiger partial charge in [0, 0.05) is 25.3 Å². The molecule has 1 saturated heterocycles. The third kappa shape index (κ3) is 5.41. The minimum atomic E-state index is -3.56. The van der Waals surface area contributed by atoms with Crippen LogP contribution in [0, 0.1) is 11.3 Å². The van der Waals surface area contributed by atoms with Crippen molar-refractivity contribution in [3.05, 3.63) is 18.3 Å². The Morgan fingerprint density at radius 1 is 1.46 bits per heavy atom. The van der Waals surface area contributed by atoms with Gasteiger partial charge < -0.3 is 10.3 Å². The molecule has 0 bridgehead atoms. The Labute approximate surface area is 166 Å². The van der Waals surface area contributed by atoms with Crippen LogP contribution in [-0.2, 0) is 14.8 Å². The lowest BCUT2D eigenvalue weighted by Gasteiger charge is -2.31. The largest absolute Gasteiger partial charge is 0.325 e. The van der Waals surface area contributed by atoms with Crippen LogP contribution in [0.4, 0.5) is 5.82 Å². The number of sulfonamides is 1. The lowest BCUT2D eigenvalue weighted by atomic mass is 10.2. The van der Waals surface area contributed by atoms with Gasteiger partial charge in [-0.2, -0.15) is 5.26 Å². The van der Waals surface area contributed by atoms with Crippen LogP contribution in [0.25, 0.3) is 0 Å². The maximum atomic E-state index is 12.7. The van der Waals surface area contributed by atoms with Crippen LogP contribution < -0.4 is 10.1 Å². The van der Waals surface area contributed by atoms with Crippen LogP contribution in [0.5, 0.6) is 0 Å². The molecule has 2 N–H and O–H groups in total. The molecule has 28 heavy (non-hydrogen) atoms. The second-order valence-corrected chi connectivity index (χ2v) is 8.52. The molecule has 1 aromatic rings. The number of hydrogen-bond donors (Lipinski definition) is 2. The first-order chi connectivity index (χ1) is 13.3. The van der Waals surface area contributed by atoms with Gasteiger partial charge in [0.15, 0.2) is 0 Å².